The van der Waals surface area contributed by atoms with E-state index < -0.39 is 0 Å². The van der Waals surface area contributed by atoms with Gasteiger partial charge in [0.2, 0.25) is 0 Å². The predicted octanol–water partition coefficient (Wildman–Crippen LogP) is 2.55. The molecule has 3 nitrogen and oxygen atoms in total. The van der Waals surface area contributed by atoms with Gasteiger partial charge in [0.05, 0.1) is 13.2 Å². The maximum Gasteiger partial charge on any atom is 0.119 e. The summed E-state index contributed by atoms with van der Waals surface area (Å²) >= 11 is 0. The van der Waals surface area contributed by atoms with Crippen LogP contribution in [-0.2, 0) is 0 Å². The molecule has 0 saturated heterocycles. The zero-order chi connectivity index (χ0) is 12.8. The summed E-state index contributed by atoms with van der Waals surface area (Å²) in [6.07, 6.45) is 0. The molecular weight excluding hydrogens is 228 g/mol. The minimum atomic E-state index is -0.230. The van der Waals surface area contributed by atoms with Crippen molar-refractivity contribution in [3.8, 4) is 11.5 Å². The molecule has 2 rings (SSSR count). The molecule has 18 heavy (non-hydrogen) atoms. The van der Waals surface area contributed by atoms with Crippen molar-refractivity contribution in [3.63, 3.8) is 0 Å². The summed E-state index contributed by atoms with van der Waals surface area (Å²) in [5.41, 5.74) is 0.705. The normalized spacial score (nSPS) is 12.1. The molecule has 94 valence electrons. The molecule has 1 atom stereocenters. The number of benzene rings is 2. The van der Waals surface area contributed by atoms with E-state index in [0.717, 1.165) is 5.75 Å². The maximum atomic E-state index is 9.74. The number of aromatic hydroxyl groups is 1. The first-order chi connectivity index (χ1) is 8.81. The molecule has 0 aliphatic carbocycles. The van der Waals surface area contributed by atoms with Gasteiger partial charge in [0.15, 0.2) is 0 Å². The summed E-state index contributed by atoms with van der Waals surface area (Å²) in [4.78, 5) is 0. The molecule has 0 amide bonds. The van der Waals surface area contributed by atoms with Gasteiger partial charge in [-0.2, -0.15) is 0 Å². The van der Waals surface area contributed by atoms with E-state index in [1.165, 1.54) is 0 Å². The number of hydrogen-bond donors (Lipinski definition) is 2. The molecule has 0 radical (unpaired) electrons. The Labute approximate surface area is 106 Å². The first-order valence-electron chi connectivity index (χ1n) is 5.88. The average molecular weight is 244 g/mol. The molecule has 0 aromatic heterocycles. The lowest BCUT2D eigenvalue weighted by Gasteiger charge is -2.16. The molecule has 2 aromatic carbocycles. The van der Waals surface area contributed by atoms with Crippen LogP contribution in [0.25, 0.3) is 0 Å². The second kappa shape index (κ2) is 6.07. The van der Waals surface area contributed by atoms with Crippen LogP contribution >= 0.6 is 0 Å². The van der Waals surface area contributed by atoms with Gasteiger partial charge in [0, 0.05) is 11.5 Å². The molecule has 1 unspecified atom stereocenters. The van der Waals surface area contributed by atoms with E-state index >= 15 is 0 Å². The van der Waals surface area contributed by atoms with Gasteiger partial charge < -0.3 is 14.9 Å². The van der Waals surface area contributed by atoms with Crippen molar-refractivity contribution in [1.29, 1.82) is 0 Å². The second-order valence-corrected chi connectivity index (χ2v) is 4.06. The van der Waals surface area contributed by atoms with Crippen molar-refractivity contribution in [2.75, 3.05) is 13.2 Å². The van der Waals surface area contributed by atoms with Gasteiger partial charge in [-0.05, 0) is 18.2 Å². The fourth-order valence-corrected chi connectivity index (χ4v) is 1.79. The number of hydrogen-bond acceptors (Lipinski definition) is 3. The molecule has 0 fully saturated rings. The summed E-state index contributed by atoms with van der Waals surface area (Å²) in [6.45, 7) is 0.266. The third kappa shape index (κ3) is 3.02. The van der Waals surface area contributed by atoms with E-state index in [1.54, 1.807) is 18.2 Å². The molecule has 2 N–H and O–H groups in total. The van der Waals surface area contributed by atoms with Gasteiger partial charge in [-0.15, -0.1) is 0 Å². The van der Waals surface area contributed by atoms with E-state index in [1.807, 2.05) is 36.4 Å². The number of aliphatic hydroxyl groups excluding tert-OH is 1. The quantitative estimate of drug-likeness (QED) is 0.849. The topological polar surface area (TPSA) is 49.7 Å². The summed E-state index contributed by atoms with van der Waals surface area (Å²) in [7, 11) is 0. The van der Waals surface area contributed by atoms with Crippen LogP contribution in [0.3, 0.4) is 0 Å². The van der Waals surface area contributed by atoms with Gasteiger partial charge in [-0.25, -0.2) is 0 Å². The van der Waals surface area contributed by atoms with E-state index in [0.29, 0.717) is 12.2 Å². The highest BCUT2D eigenvalue weighted by atomic mass is 16.5. The lowest BCUT2D eigenvalue weighted by molar-refractivity contribution is 0.203. The van der Waals surface area contributed by atoms with Crippen LogP contribution in [0, 0.1) is 0 Å². The van der Waals surface area contributed by atoms with Gasteiger partial charge >= 0.3 is 0 Å². The Morgan fingerprint density at radius 1 is 0.944 bits per heavy atom. The fourth-order valence-electron chi connectivity index (χ4n) is 1.79. The van der Waals surface area contributed by atoms with Gasteiger partial charge in [0.25, 0.3) is 0 Å². The van der Waals surface area contributed by atoms with Gasteiger partial charge in [0.1, 0.15) is 11.5 Å². The number of para-hydroxylation sites is 2. The second-order valence-electron chi connectivity index (χ2n) is 4.06. The third-order valence-corrected chi connectivity index (χ3v) is 2.79. The fraction of sp³-hybridized carbons (Fsp3) is 0.200. The molecule has 3 heteroatoms. The Morgan fingerprint density at radius 3 is 2.28 bits per heavy atom. The van der Waals surface area contributed by atoms with Crippen molar-refractivity contribution in [2.45, 2.75) is 5.92 Å². The van der Waals surface area contributed by atoms with Crippen LogP contribution in [-0.4, -0.2) is 23.4 Å². The van der Waals surface area contributed by atoms with Crippen molar-refractivity contribution in [3.05, 3.63) is 60.2 Å². The summed E-state index contributed by atoms with van der Waals surface area (Å²) in [5.74, 6) is 0.714. The maximum absolute atomic E-state index is 9.74. The molecule has 0 spiro atoms. The van der Waals surface area contributed by atoms with Crippen molar-refractivity contribution >= 4 is 0 Å². The largest absolute Gasteiger partial charge is 0.508 e. The zero-order valence-electron chi connectivity index (χ0n) is 9.99. The molecule has 2 aromatic rings. The number of rotatable bonds is 5. The smallest absolute Gasteiger partial charge is 0.119 e. The van der Waals surface area contributed by atoms with E-state index in [4.69, 9.17) is 4.74 Å². The van der Waals surface area contributed by atoms with E-state index in [-0.39, 0.29) is 18.3 Å². The Bertz CT molecular complexity index is 482. The lowest BCUT2D eigenvalue weighted by atomic mass is 10.00. The zero-order valence-corrected chi connectivity index (χ0v) is 9.99. The van der Waals surface area contributed by atoms with Crippen molar-refractivity contribution < 1.29 is 14.9 Å². The standard InChI is InChI=1S/C15H16O3/c16-10-12(14-8-4-5-9-15(14)17)11-18-13-6-2-1-3-7-13/h1-9,12,16-17H,10-11H2. The van der Waals surface area contributed by atoms with Crippen molar-refractivity contribution in [1.82, 2.24) is 0 Å². The van der Waals surface area contributed by atoms with Gasteiger partial charge in [-0.1, -0.05) is 36.4 Å². The molecule has 0 aliphatic rings. The van der Waals surface area contributed by atoms with Crippen LogP contribution in [0.5, 0.6) is 11.5 Å². The predicted molar refractivity (Wildman–Crippen MR) is 69.9 cm³/mol. The molecule has 0 heterocycles. The summed E-state index contributed by atoms with van der Waals surface area (Å²) in [6, 6.07) is 16.4. The van der Waals surface area contributed by atoms with Crippen LogP contribution in [0.15, 0.2) is 54.6 Å². The number of phenolic OH excluding ortho intramolecular Hbond substituents is 1. The number of phenols is 1. The van der Waals surface area contributed by atoms with E-state index in [9.17, 15) is 10.2 Å². The Kier molecular flexibility index (Phi) is 4.20. The summed E-state index contributed by atoms with van der Waals surface area (Å²) in [5, 5.41) is 19.1. The summed E-state index contributed by atoms with van der Waals surface area (Å²) < 4.78 is 5.60. The number of ether oxygens (including phenoxy) is 1. The highest BCUT2D eigenvalue weighted by Gasteiger charge is 2.14. The van der Waals surface area contributed by atoms with Crippen LogP contribution < -0.4 is 4.74 Å². The van der Waals surface area contributed by atoms with Crippen LogP contribution in [0.4, 0.5) is 0 Å². The molecule has 0 aliphatic heterocycles. The number of aliphatic hydroxyl groups is 1. The monoisotopic (exact) mass is 244 g/mol. The average Bonchev–Trinajstić information content (AvgIpc) is 2.42. The molecular formula is C15H16O3. The first-order valence-corrected chi connectivity index (χ1v) is 5.88. The Balaban J connectivity index is 2.04. The SMILES string of the molecule is OCC(COc1ccccc1)c1ccccc1O. The Hall–Kier alpha value is -2.00. The molecule has 0 saturated carbocycles. The minimum Gasteiger partial charge on any atom is -0.508 e. The van der Waals surface area contributed by atoms with Crippen LogP contribution in [0.2, 0.25) is 0 Å². The van der Waals surface area contributed by atoms with Crippen LogP contribution in [0.1, 0.15) is 11.5 Å². The molecule has 0 bridgehead atoms. The van der Waals surface area contributed by atoms with E-state index in [2.05, 4.69) is 0 Å². The van der Waals surface area contributed by atoms with Gasteiger partial charge in [-0.3, -0.25) is 0 Å². The minimum absolute atomic E-state index is 0.0651. The highest BCUT2D eigenvalue weighted by molar-refractivity contribution is 5.35. The first kappa shape index (κ1) is 12.5. The van der Waals surface area contributed by atoms with Crippen molar-refractivity contribution in [2.24, 2.45) is 0 Å². The highest BCUT2D eigenvalue weighted by Crippen LogP contribution is 2.25. The lowest BCUT2D eigenvalue weighted by Crippen LogP contribution is -2.14. The third-order valence-electron chi connectivity index (χ3n) is 2.79. The Morgan fingerprint density at radius 2 is 1.61 bits per heavy atom.